The van der Waals surface area contributed by atoms with Gasteiger partial charge in [-0.1, -0.05) is 13.0 Å². The van der Waals surface area contributed by atoms with Crippen LogP contribution in [0.3, 0.4) is 0 Å². The van der Waals surface area contributed by atoms with E-state index in [0.717, 1.165) is 17.5 Å². The Balaban J connectivity index is 1.94. The molecule has 0 unspecified atom stereocenters. The van der Waals surface area contributed by atoms with Crippen LogP contribution in [0.5, 0.6) is 0 Å². The van der Waals surface area contributed by atoms with E-state index in [0.29, 0.717) is 17.9 Å². The fraction of sp³-hybridized carbons (Fsp3) is 0.263. The summed E-state index contributed by atoms with van der Waals surface area (Å²) in [7, 11) is -3.79. The molecule has 3 rings (SSSR count). The highest BCUT2D eigenvalue weighted by atomic mass is 32.2. The van der Waals surface area contributed by atoms with Crippen molar-refractivity contribution in [3.05, 3.63) is 53.1 Å². The van der Waals surface area contributed by atoms with Crippen molar-refractivity contribution < 1.29 is 13.2 Å². The highest BCUT2D eigenvalue weighted by Crippen LogP contribution is 2.31. The molecule has 1 aliphatic heterocycles. The van der Waals surface area contributed by atoms with Crippen molar-refractivity contribution in [2.24, 2.45) is 4.40 Å². The summed E-state index contributed by atoms with van der Waals surface area (Å²) in [6.45, 7) is 6.56. The summed E-state index contributed by atoms with van der Waals surface area (Å²) in [5.74, 6) is -0.357. The maximum Gasteiger partial charge on any atom is 0.285 e. The molecule has 1 heterocycles. The van der Waals surface area contributed by atoms with Crippen LogP contribution in [-0.2, 0) is 10.0 Å². The molecule has 26 heavy (non-hydrogen) atoms. The number of sulfonamides is 1. The first-order valence-corrected chi connectivity index (χ1v) is 9.85. The number of amides is 1. The quantitative estimate of drug-likeness (QED) is 0.892. The number of anilines is 2. The number of nitrogens with one attached hydrogen (secondary N) is 1. The minimum Gasteiger partial charge on any atom is -0.331 e. The third kappa shape index (κ3) is 3.62. The minimum absolute atomic E-state index is 0.0570. The molecule has 2 aromatic carbocycles. The molecule has 1 amide bonds. The molecular weight excluding hydrogens is 350 g/mol. The lowest BCUT2D eigenvalue weighted by Crippen LogP contribution is -2.28. The van der Waals surface area contributed by atoms with Gasteiger partial charge >= 0.3 is 0 Å². The number of aryl methyl sites for hydroxylation is 2. The molecular formula is C19H21N3O3S. The van der Waals surface area contributed by atoms with Gasteiger partial charge in [-0.25, -0.2) is 0 Å². The first kappa shape index (κ1) is 18.1. The average molecular weight is 371 g/mol. The summed E-state index contributed by atoms with van der Waals surface area (Å²) in [4.78, 5) is 14.4. The van der Waals surface area contributed by atoms with E-state index < -0.39 is 10.0 Å². The highest BCUT2D eigenvalue weighted by molar-refractivity contribution is 7.90. The van der Waals surface area contributed by atoms with Crippen LogP contribution < -0.4 is 10.2 Å². The van der Waals surface area contributed by atoms with E-state index in [1.807, 2.05) is 39.0 Å². The monoisotopic (exact) mass is 371 g/mol. The SMILES string of the molecule is CCCN1C=NS(=O)(=O)c2cc(C(=O)Nc3cc(C)cc(C)c3)ccc21. The van der Waals surface area contributed by atoms with Gasteiger partial charge in [0.25, 0.3) is 15.9 Å². The van der Waals surface area contributed by atoms with Crippen LogP contribution in [0.25, 0.3) is 0 Å². The smallest absolute Gasteiger partial charge is 0.285 e. The number of carbonyl (C=O) groups is 1. The van der Waals surface area contributed by atoms with Crippen molar-refractivity contribution in [1.29, 1.82) is 0 Å². The van der Waals surface area contributed by atoms with Crippen molar-refractivity contribution >= 4 is 33.6 Å². The summed E-state index contributed by atoms with van der Waals surface area (Å²) in [6.07, 6.45) is 2.18. The standard InChI is InChI=1S/C19H21N3O3S/c1-4-7-22-12-20-26(24,25)18-11-15(5-6-17(18)22)19(23)21-16-9-13(2)8-14(3)10-16/h5-6,8-12H,4,7H2,1-3H3,(H,21,23). The number of hydrogen-bond acceptors (Lipinski definition) is 4. The highest BCUT2D eigenvalue weighted by Gasteiger charge is 2.26. The third-order valence-electron chi connectivity index (χ3n) is 4.08. The molecule has 0 atom stereocenters. The molecule has 1 N–H and O–H groups in total. The van der Waals surface area contributed by atoms with Gasteiger partial charge in [0, 0.05) is 17.8 Å². The molecule has 2 aromatic rings. The third-order valence-corrected chi connectivity index (χ3v) is 5.33. The van der Waals surface area contributed by atoms with E-state index in [2.05, 4.69) is 9.71 Å². The maximum absolute atomic E-state index is 12.6. The molecule has 0 bridgehead atoms. The van der Waals surface area contributed by atoms with Gasteiger partial charge in [-0.15, -0.1) is 4.40 Å². The maximum atomic E-state index is 12.6. The van der Waals surface area contributed by atoms with E-state index in [1.54, 1.807) is 17.0 Å². The molecule has 136 valence electrons. The van der Waals surface area contributed by atoms with Crippen molar-refractivity contribution in [3.63, 3.8) is 0 Å². The Hall–Kier alpha value is -2.67. The van der Waals surface area contributed by atoms with E-state index in [-0.39, 0.29) is 16.4 Å². The van der Waals surface area contributed by atoms with Crippen molar-refractivity contribution in [2.45, 2.75) is 32.1 Å². The lowest BCUT2D eigenvalue weighted by molar-refractivity contribution is 0.102. The van der Waals surface area contributed by atoms with Crippen LogP contribution in [0.2, 0.25) is 0 Å². The Kier molecular flexibility index (Phi) is 4.82. The normalized spacial score (nSPS) is 14.8. The topological polar surface area (TPSA) is 78.8 Å². The minimum atomic E-state index is -3.79. The number of nitrogens with zero attached hydrogens (tertiary/aromatic N) is 2. The number of benzene rings is 2. The number of hydrogen-bond donors (Lipinski definition) is 1. The van der Waals surface area contributed by atoms with Gasteiger partial charge in [0.15, 0.2) is 0 Å². The second kappa shape index (κ2) is 6.92. The van der Waals surface area contributed by atoms with Crippen molar-refractivity contribution in [2.75, 3.05) is 16.8 Å². The van der Waals surface area contributed by atoms with Gasteiger partial charge in [-0.05, 0) is 61.7 Å². The first-order chi connectivity index (χ1) is 12.3. The number of fused-ring (bicyclic) bond motifs is 1. The molecule has 1 aliphatic rings. The van der Waals surface area contributed by atoms with Crippen molar-refractivity contribution in [1.82, 2.24) is 0 Å². The van der Waals surface area contributed by atoms with Crippen LogP contribution >= 0.6 is 0 Å². The van der Waals surface area contributed by atoms with E-state index >= 15 is 0 Å². The Morgan fingerprint density at radius 3 is 2.46 bits per heavy atom. The summed E-state index contributed by atoms with van der Waals surface area (Å²) >= 11 is 0. The summed E-state index contributed by atoms with van der Waals surface area (Å²) in [6, 6.07) is 10.4. The lowest BCUT2D eigenvalue weighted by Gasteiger charge is -2.25. The largest absolute Gasteiger partial charge is 0.331 e. The summed E-state index contributed by atoms with van der Waals surface area (Å²) < 4.78 is 28.2. The molecule has 0 fully saturated rings. The fourth-order valence-electron chi connectivity index (χ4n) is 3.01. The predicted molar refractivity (Wildman–Crippen MR) is 104 cm³/mol. The molecule has 0 saturated heterocycles. The molecule has 0 spiro atoms. The van der Waals surface area contributed by atoms with Crippen molar-refractivity contribution in [3.8, 4) is 0 Å². The lowest BCUT2D eigenvalue weighted by atomic mass is 10.1. The van der Waals surface area contributed by atoms with E-state index in [4.69, 9.17) is 0 Å². The summed E-state index contributed by atoms with van der Waals surface area (Å²) in [5.41, 5.74) is 3.58. The zero-order valence-corrected chi connectivity index (χ0v) is 15.8. The van der Waals surface area contributed by atoms with Gasteiger partial charge < -0.3 is 10.2 Å². The van der Waals surface area contributed by atoms with Crippen LogP contribution in [0.15, 0.2) is 45.7 Å². The molecule has 0 saturated carbocycles. The number of carbonyl (C=O) groups excluding carboxylic acids is 1. The second-order valence-corrected chi connectivity index (χ2v) is 8.00. The van der Waals surface area contributed by atoms with Gasteiger partial charge in [0.2, 0.25) is 0 Å². The summed E-state index contributed by atoms with van der Waals surface area (Å²) in [5, 5.41) is 2.82. The zero-order valence-electron chi connectivity index (χ0n) is 15.0. The Morgan fingerprint density at radius 2 is 1.81 bits per heavy atom. The van der Waals surface area contributed by atoms with Crippen LogP contribution in [-0.4, -0.2) is 27.2 Å². The van der Waals surface area contributed by atoms with Crippen LogP contribution in [0.1, 0.15) is 34.8 Å². The van der Waals surface area contributed by atoms with Gasteiger partial charge in [-0.3, -0.25) is 4.79 Å². The molecule has 6 nitrogen and oxygen atoms in total. The Morgan fingerprint density at radius 1 is 1.12 bits per heavy atom. The van der Waals surface area contributed by atoms with Gasteiger partial charge in [-0.2, -0.15) is 8.42 Å². The Bertz CT molecular complexity index is 977. The Labute approximate surface area is 153 Å². The van der Waals surface area contributed by atoms with Crippen LogP contribution in [0.4, 0.5) is 11.4 Å². The average Bonchev–Trinajstić information content (AvgIpc) is 2.56. The molecule has 0 radical (unpaired) electrons. The molecule has 7 heteroatoms. The van der Waals surface area contributed by atoms with E-state index in [1.165, 1.54) is 12.4 Å². The fourth-order valence-corrected chi connectivity index (χ4v) is 4.08. The van der Waals surface area contributed by atoms with Gasteiger partial charge in [0.05, 0.1) is 5.69 Å². The zero-order chi connectivity index (χ0) is 18.9. The number of rotatable bonds is 4. The predicted octanol–water partition coefficient (Wildman–Crippen LogP) is 3.50. The molecule has 0 aliphatic carbocycles. The molecule has 0 aromatic heterocycles. The second-order valence-electron chi connectivity index (χ2n) is 6.40. The van der Waals surface area contributed by atoms with E-state index in [9.17, 15) is 13.2 Å². The van der Waals surface area contributed by atoms with Gasteiger partial charge in [0.1, 0.15) is 11.2 Å². The van der Waals surface area contributed by atoms with Crippen LogP contribution in [0, 0.1) is 13.8 Å². The first-order valence-electron chi connectivity index (χ1n) is 8.41.